The molecule has 1 aromatic rings. The van der Waals surface area contributed by atoms with Gasteiger partial charge in [-0.15, -0.1) is 0 Å². The number of anilines is 1. The number of thiol groups is 1. The first-order valence-electron chi connectivity index (χ1n) is 6.50. The van der Waals surface area contributed by atoms with Crippen LogP contribution in [0.3, 0.4) is 0 Å². The predicted molar refractivity (Wildman–Crippen MR) is 84.4 cm³/mol. The number of nitrogens with zero attached hydrogens (tertiary/aromatic N) is 2. The topological polar surface area (TPSA) is 70.3 Å². The summed E-state index contributed by atoms with van der Waals surface area (Å²) in [6.07, 6.45) is 5.01. The highest BCUT2D eigenvalue weighted by Crippen LogP contribution is 2.38. The van der Waals surface area contributed by atoms with Crippen molar-refractivity contribution in [2.24, 2.45) is 0 Å². The van der Waals surface area contributed by atoms with Gasteiger partial charge in [-0.2, -0.15) is 12.6 Å². The number of rotatable bonds is 3. The summed E-state index contributed by atoms with van der Waals surface area (Å²) >= 11 is 4.35. The number of nitrogen functional groups attached to an aromatic ring is 1. The Hall–Kier alpha value is -1.05. The molecule has 0 aliphatic carbocycles. The lowest BCUT2D eigenvalue weighted by atomic mass is 9.78. The van der Waals surface area contributed by atoms with Crippen LogP contribution in [0, 0.1) is 0 Å². The van der Waals surface area contributed by atoms with Crippen molar-refractivity contribution in [1.82, 2.24) is 9.97 Å². The molecule has 0 spiro atoms. The fourth-order valence-electron chi connectivity index (χ4n) is 1.80. The van der Waals surface area contributed by atoms with Gasteiger partial charge < -0.3 is 15.0 Å². The summed E-state index contributed by atoms with van der Waals surface area (Å²) in [4.78, 5) is 8.22. The second-order valence-corrected chi connectivity index (χ2v) is 6.15. The van der Waals surface area contributed by atoms with E-state index in [-0.39, 0.29) is 11.2 Å². The number of hydrogen-bond acceptors (Lipinski definition) is 6. The van der Waals surface area contributed by atoms with Gasteiger partial charge in [0.05, 0.1) is 29.3 Å². The maximum atomic E-state index is 6.00. The summed E-state index contributed by atoms with van der Waals surface area (Å²) in [5, 5.41) is 0. The van der Waals surface area contributed by atoms with Gasteiger partial charge in [0.1, 0.15) is 5.82 Å². The van der Waals surface area contributed by atoms with Gasteiger partial charge in [-0.25, -0.2) is 4.98 Å². The average Bonchev–Trinajstić information content (AvgIpc) is 2.57. The van der Waals surface area contributed by atoms with Crippen molar-refractivity contribution < 1.29 is 9.31 Å². The Labute approximate surface area is 125 Å². The molecule has 0 radical (unpaired) electrons. The quantitative estimate of drug-likeness (QED) is 0.659. The summed E-state index contributed by atoms with van der Waals surface area (Å²) in [6.45, 7) is 8.08. The van der Waals surface area contributed by atoms with Crippen molar-refractivity contribution in [3.8, 4) is 0 Å². The van der Waals surface area contributed by atoms with Crippen molar-refractivity contribution in [2.75, 3.05) is 11.5 Å². The maximum Gasteiger partial charge on any atom is 0.491 e. The van der Waals surface area contributed by atoms with E-state index in [1.165, 1.54) is 6.20 Å². The van der Waals surface area contributed by atoms with Gasteiger partial charge in [0.25, 0.3) is 0 Å². The summed E-state index contributed by atoms with van der Waals surface area (Å²) in [7, 11) is -0.420. The lowest BCUT2D eigenvalue weighted by molar-refractivity contribution is 0.00578. The second-order valence-electron chi connectivity index (χ2n) is 5.83. The third-order valence-electron chi connectivity index (χ3n) is 3.76. The van der Waals surface area contributed by atoms with Crippen LogP contribution in [-0.2, 0) is 9.31 Å². The van der Waals surface area contributed by atoms with Crippen LogP contribution in [0.1, 0.15) is 33.4 Å². The van der Waals surface area contributed by atoms with Crippen LogP contribution in [0.15, 0.2) is 17.9 Å². The smallest absolute Gasteiger partial charge is 0.400 e. The first-order valence-corrected chi connectivity index (χ1v) is 7.13. The predicted octanol–water partition coefficient (Wildman–Crippen LogP) is 2.00. The third-order valence-corrected chi connectivity index (χ3v) is 4.13. The van der Waals surface area contributed by atoms with Crippen LogP contribution < -0.4 is 5.73 Å². The summed E-state index contributed by atoms with van der Waals surface area (Å²) in [5.74, 6) is 0.910. The second kappa shape index (κ2) is 5.39. The van der Waals surface area contributed by atoms with Crippen LogP contribution in [0.5, 0.6) is 0 Å². The van der Waals surface area contributed by atoms with Gasteiger partial charge in [0, 0.05) is 5.75 Å². The van der Waals surface area contributed by atoms with Crippen LogP contribution in [0.2, 0.25) is 0 Å². The summed E-state index contributed by atoms with van der Waals surface area (Å²) < 4.78 is 12.0. The largest absolute Gasteiger partial charge is 0.491 e. The highest BCUT2D eigenvalue weighted by Gasteiger charge is 2.52. The zero-order chi connectivity index (χ0) is 15.0. The monoisotopic (exact) mass is 293 g/mol. The molecule has 1 saturated heterocycles. The number of nitrogens with two attached hydrogens (primary N) is 1. The molecule has 20 heavy (non-hydrogen) atoms. The Balaban J connectivity index is 2.24. The molecule has 108 valence electrons. The summed E-state index contributed by atoms with van der Waals surface area (Å²) in [6, 6.07) is 0. The van der Waals surface area contributed by atoms with Crippen molar-refractivity contribution in [3.05, 3.63) is 23.6 Å². The third kappa shape index (κ3) is 3.00. The van der Waals surface area contributed by atoms with Gasteiger partial charge in [-0.05, 0) is 39.2 Å². The molecule has 0 amide bonds. The molecule has 2 N–H and O–H groups in total. The number of aromatic nitrogens is 2. The molecule has 1 fully saturated rings. The average molecular weight is 293 g/mol. The Morgan fingerprint density at radius 3 is 2.30 bits per heavy atom. The fourth-order valence-corrected chi connectivity index (χ4v) is 2.04. The van der Waals surface area contributed by atoms with Crippen molar-refractivity contribution in [3.63, 3.8) is 0 Å². The zero-order valence-corrected chi connectivity index (χ0v) is 13.1. The first-order chi connectivity index (χ1) is 9.25. The van der Waals surface area contributed by atoms with Crippen LogP contribution >= 0.6 is 12.6 Å². The SMILES string of the molecule is CC1(C)OB(C(=Cc2cnc(N)cn2)CS)OC1(C)C. The molecule has 1 aliphatic heterocycles. The lowest BCUT2D eigenvalue weighted by Gasteiger charge is -2.32. The molecule has 1 aromatic heterocycles. The van der Waals surface area contributed by atoms with E-state index in [2.05, 4.69) is 22.6 Å². The Bertz CT molecular complexity index is 501. The Kier molecular flexibility index (Phi) is 4.13. The standard InChI is InChI=1S/C13H20BN3O2S/c1-12(2)13(3,4)19-14(18-12)9(8-20)5-10-6-17-11(15)7-16-10/h5-7,20H,8H2,1-4H3,(H2,15,17). The van der Waals surface area contributed by atoms with Crippen LogP contribution in [-0.4, -0.2) is 34.0 Å². The normalized spacial score (nSPS) is 21.2. The Morgan fingerprint density at radius 2 is 1.85 bits per heavy atom. The van der Waals surface area contributed by atoms with Crippen LogP contribution in [0.4, 0.5) is 5.82 Å². The van der Waals surface area contributed by atoms with E-state index in [1.54, 1.807) is 6.20 Å². The molecule has 5 nitrogen and oxygen atoms in total. The minimum Gasteiger partial charge on any atom is -0.400 e. The molecule has 0 saturated carbocycles. The zero-order valence-electron chi connectivity index (χ0n) is 12.3. The highest BCUT2D eigenvalue weighted by molar-refractivity contribution is 7.80. The van der Waals surface area contributed by atoms with E-state index in [4.69, 9.17) is 15.0 Å². The molecule has 2 rings (SSSR count). The van der Waals surface area contributed by atoms with Gasteiger partial charge in [-0.3, -0.25) is 4.98 Å². The highest BCUT2D eigenvalue weighted by atomic mass is 32.1. The van der Waals surface area contributed by atoms with Gasteiger partial charge in [0.2, 0.25) is 0 Å². The molecule has 0 atom stereocenters. The lowest BCUT2D eigenvalue weighted by Crippen LogP contribution is -2.41. The van der Waals surface area contributed by atoms with Crippen molar-refractivity contribution >= 4 is 31.6 Å². The fraction of sp³-hybridized carbons (Fsp3) is 0.538. The Morgan fingerprint density at radius 1 is 1.25 bits per heavy atom. The molecule has 0 aromatic carbocycles. The number of hydrogen-bond donors (Lipinski definition) is 2. The van der Waals surface area contributed by atoms with E-state index in [1.807, 2.05) is 33.8 Å². The van der Waals surface area contributed by atoms with Gasteiger partial charge in [0.15, 0.2) is 0 Å². The molecule has 2 heterocycles. The van der Waals surface area contributed by atoms with Crippen molar-refractivity contribution in [1.29, 1.82) is 0 Å². The molecular weight excluding hydrogens is 273 g/mol. The summed E-state index contributed by atoms with van der Waals surface area (Å²) in [5.41, 5.74) is 6.40. The van der Waals surface area contributed by atoms with Crippen molar-refractivity contribution in [2.45, 2.75) is 38.9 Å². The van der Waals surface area contributed by atoms with Crippen LogP contribution in [0.25, 0.3) is 6.08 Å². The molecule has 1 aliphatic rings. The van der Waals surface area contributed by atoms with E-state index in [9.17, 15) is 0 Å². The molecular formula is C13H20BN3O2S. The molecule has 0 unspecified atom stereocenters. The minimum absolute atomic E-state index is 0.369. The maximum absolute atomic E-state index is 6.00. The van der Waals surface area contributed by atoms with E-state index in [0.29, 0.717) is 17.3 Å². The molecule has 0 bridgehead atoms. The molecule has 7 heteroatoms. The van der Waals surface area contributed by atoms with Gasteiger partial charge in [-0.1, -0.05) is 0 Å². The van der Waals surface area contributed by atoms with Gasteiger partial charge >= 0.3 is 7.12 Å². The van der Waals surface area contributed by atoms with E-state index >= 15 is 0 Å². The first kappa shape index (κ1) is 15.3. The van der Waals surface area contributed by atoms with E-state index in [0.717, 1.165) is 5.47 Å². The minimum atomic E-state index is -0.420. The van der Waals surface area contributed by atoms with E-state index < -0.39 is 7.12 Å².